The van der Waals surface area contributed by atoms with Gasteiger partial charge in [-0.2, -0.15) is 4.68 Å². The standard InChI is InChI=1S/C12H17N5O6S/c1-16-10(22)5-9(13-12(16)24-2)17(15-14-5)11-8(21)7(20)6(19)4(3-18)23-11/h4,6-8,11,18-21H,3H2,1-2H3/t4-,6+,7+,8+,11+/m0/s1. The lowest BCUT2D eigenvalue weighted by Crippen LogP contribution is -2.56. The summed E-state index contributed by atoms with van der Waals surface area (Å²) in [5, 5.41) is 47.1. The number of nitrogens with zero attached hydrogens (tertiary/aromatic N) is 5. The highest BCUT2D eigenvalue weighted by Crippen LogP contribution is 2.29. The third-order valence-corrected chi connectivity index (χ3v) is 4.69. The number of rotatable bonds is 3. The van der Waals surface area contributed by atoms with Crippen molar-refractivity contribution in [2.45, 2.75) is 35.8 Å². The largest absolute Gasteiger partial charge is 0.394 e. The number of ether oxygens (including phenoxy) is 1. The van der Waals surface area contributed by atoms with Crippen LogP contribution in [-0.2, 0) is 11.8 Å². The molecule has 2 aromatic rings. The predicted octanol–water partition coefficient (Wildman–Crippen LogP) is -2.78. The average molecular weight is 359 g/mol. The number of aliphatic hydroxyl groups excluding tert-OH is 4. The van der Waals surface area contributed by atoms with Gasteiger partial charge in [0, 0.05) is 7.05 Å². The first-order valence-electron chi connectivity index (χ1n) is 7.07. The Hall–Kier alpha value is -1.57. The maximum atomic E-state index is 12.3. The summed E-state index contributed by atoms with van der Waals surface area (Å²) >= 11 is 1.24. The molecule has 11 nitrogen and oxygen atoms in total. The second-order valence-corrected chi connectivity index (χ2v) is 6.16. The van der Waals surface area contributed by atoms with E-state index < -0.39 is 42.8 Å². The monoisotopic (exact) mass is 359 g/mol. The molecule has 0 unspecified atom stereocenters. The molecule has 132 valence electrons. The van der Waals surface area contributed by atoms with Gasteiger partial charge >= 0.3 is 0 Å². The van der Waals surface area contributed by atoms with Crippen molar-refractivity contribution in [3.63, 3.8) is 0 Å². The van der Waals surface area contributed by atoms with Gasteiger partial charge in [-0.1, -0.05) is 17.0 Å². The minimum absolute atomic E-state index is 0.0211. The molecule has 24 heavy (non-hydrogen) atoms. The van der Waals surface area contributed by atoms with Gasteiger partial charge in [0.15, 0.2) is 22.5 Å². The second-order valence-electron chi connectivity index (χ2n) is 5.39. The highest BCUT2D eigenvalue weighted by molar-refractivity contribution is 7.98. The molecule has 0 aliphatic carbocycles. The van der Waals surface area contributed by atoms with Gasteiger partial charge in [0.2, 0.25) is 0 Å². The molecule has 2 aromatic heterocycles. The minimum atomic E-state index is -1.56. The average Bonchev–Trinajstić information content (AvgIpc) is 3.00. The first kappa shape index (κ1) is 17.3. The number of fused-ring (bicyclic) bond motifs is 1. The highest BCUT2D eigenvalue weighted by Gasteiger charge is 2.45. The molecule has 1 aliphatic heterocycles. The lowest BCUT2D eigenvalue weighted by molar-refractivity contribution is -0.253. The first-order chi connectivity index (χ1) is 11.4. The Morgan fingerprint density at radius 3 is 2.58 bits per heavy atom. The topological polar surface area (TPSA) is 156 Å². The van der Waals surface area contributed by atoms with Crippen molar-refractivity contribution in [3.8, 4) is 0 Å². The zero-order chi connectivity index (χ0) is 17.6. The van der Waals surface area contributed by atoms with Crippen molar-refractivity contribution < 1.29 is 25.2 Å². The SMILES string of the molecule is CSc1nc2c(nnn2[C@@H]2O[C@@H](CO)[C@@H](O)[C@@H](O)[C@H]2O)c(=O)n1C. The fraction of sp³-hybridized carbons (Fsp3) is 0.667. The second kappa shape index (κ2) is 6.38. The zero-order valence-corrected chi connectivity index (χ0v) is 13.7. The molecule has 0 amide bonds. The van der Waals surface area contributed by atoms with E-state index in [9.17, 15) is 25.2 Å². The van der Waals surface area contributed by atoms with Crippen LogP contribution in [0.4, 0.5) is 0 Å². The van der Waals surface area contributed by atoms with Crippen LogP contribution in [-0.4, -0.2) is 82.2 Å². The van der Waals surface area contributed by atoms with E-state index in [4.69, 9.17) is 4.74 Å². The van der Waals surface area contributed by atoms with E-state index in [1.807, 2.05) is 0 Å². The van der Waals surface area contributed by atoms with Crippen molar-refractivity contribution >= 4 is 22.9 Å². The third kappa shape index (κ3) is 2.51. The molecule has 0 radical (unpaired) electrons. The third-order valence-electron chi connectivity index (χ3n) is 3.96. The van der Waals surface area contributed by atoms with Gasteiger partial charge in [-0.3, -0.25) is 9.36 Å². The van der Waals surface area contributed by atoms with Crippen LogP contribution in [0.1, 0.15) is 6.23 Å². The van der Waals surface area contributed by atoms with E-state index in [0.717, 1.165) is 4.68 Å². The van der Waals surface area contributed by atoms with Gasteiger partial charge in [0.1, 0.15) is 24.4 Å². The normalized spacial score (nSPS) is 30.8. The van der Waals surface area contributed by atoms with E-state index in [0.29, 0.717) is 5.16 Å². The minimum Gasteiger partial charge on any atom is -0.394 e. The maximum absolute atomic E-state index is 12.3. The summed E-state index contributed by atoms with van der Waals surface area (Å²) < 4.78 is 7.81. The van der Waals surface area contributed by atoms with Crippen LogP contribution in [0, 0.1) is 0 Å². The molecule has 4 N–H and O–H groups in total. The summed E-state index contributed by atoms with van der Waals surface area (Å²) in [4.78, 5) is 16.6. The van der Waals surface area contributed by atoms with Crippen LogP contribution >= 0.6 is 11.8 Å². The van der Waals surface area contributed by atoms with Crippen LogP contribution in [0.2, 0.25) is 0 Å². The Balaban J connectivity index is 2.12. The van der Waals surface area contributed by atoms with E-state index >= 15 is 0 Å². The van der Waals surface area contributed by atoms with E-state index in [1.54, 1.807) is 13.3 Å². The first-order valence-corrected chi connectivity index (χ1v) is 8.29. The summed E-state index contributed by atoms with van der Waals surface area (Å²) in [6.07, 6.45) is -5.21. The van der Waals surface area contributed by atoms with Crippen molar-refractivity contribution in [3.05, 3.63) is 10.4 Å². The number of thioether (sulfide) groups is 1. The highest BCUT2D eigenvalue weighted by atomic mass is 32.2. The van der Waals surface area contributed by atoms with Crippen molar-refractivity contribution in [1.29, 1.82) is 0 Å². The molecule has 1 aliphatic rings. The molecule has 0 bridgehead atoms. The van der Waals surface area contributed by atoms with Gasteiger partial charge in [-0.05, 0) is 6.26 Å². The summed E-state index contributed by atoms with van der Waals surface area (Å²) in [5.41, 5.74) is -0.362. The Morgan fingerprint density at radius 2 is 1.96 bits per heavy atom. The van der Waals surface area contributed by atoms with E-state index in [2.05, 4.69) is 15.3 Å². The fourth-order valence-corrected chi connectivity index (χ4v) is 3.11. The quantitative estimate of drug-likeness (QED) is 0.334. The van der Waals surface area contributed by atoms with Crippen LogP contribution < -0.4 is 5.56 Å². The van der Waals surface area contributed by atoms with Gasteiger partial charge in [-0.25, -0.2) is 4.98 Å². The summed E-state index contributed by atoms with van der Waals surface area (Å²) in [7, 11) is 1.55. The van der Waals surface area contributed by atoms with Crippen LogP contribution in [0.5, 0.6) is 0 Å². The number of hydrogen-bond donors (Lipinski definition) is 4. The molecular formula is C12H17N5O6S. The van der Waals surface area contributed by atoms with Crippen molar-refractivity contribution in [2.24, 2.45) is 7.05 Å². The van der Waals surface area contributed by atoms with Crippen molar-refractivity contribution in [1.82, 2.24) is 24.5 Å². The van der Waals surface area contributed by atoms with Crippen LogP contribution in [0.3, 0.4) is 0 Å². The molecule has 5 atom stereocenters. The Kier molecular flexibility index (Phi) is 4.59. The van der Waals surface area contributed by atoms with Crippen LogP contribution in [0.25, 0.3) is 11.2 Å². The van der Waals surface area contributed by atoms with Gasteiger partial charge in [0.05, 0.1) is 6.61 Å². The molecule has 3 heterocycles. The molecule has 0 aromatic carbocycles. The summed E-state index contributed by atoms with van der Waals surface area (Å²) in [5.74, 6) is 0. The lowest BCUT2D eigenvalue weighted by atomic mass is 9.98. The molecule has 12 heteroatoms. The maximum Gasteiger partial charge on any atom is 0.284 e. The molecule has 0 spiro atoms. The molecular weight excluding hydrogens is 342 g/mol. The number of hydrogen-bond acceptors (Lipinski definition) is 10. The van der Waals surface area contributed by atoms with Gasteiger partial charge < -0.3 is 25.2 Å². The van der Waals surface area contributed by atoms with Crippen LogP contribution in [0.15, 0.2) is 9.95 Å². The predicted molar refractivity (Wildman–Crippen MR) is 81.4 cm³/mol. The smallest absolute Gasteiger partial charge is 0.284 e. The lowest BCUT2D eigenvalue weighted by Gasteiger charge is -2.39. The molecule has 1 saturated heterocycles. The number of aliphatic hydroxyl groups is 4. The summed E-state index contributed by atoms with van der Waals surface area (Å²) in [6.45, 7) is -0.570. The Morgan fingerprint density at radius 1 is 1.25 bits per heavy atom. The molecule has 3 rings (SSSR count). The zero-order valence-electron chi connectivity index (χ0n) is 12.8. The van der Waals surface area contributed by atoms with E-state index in [-0.39, 0.29) is 11.2 Å². The summed E-state index contributed by atoms with van der Waals surface area (Å²) in [6, 6.07) is 0. The van der Waals surface area contributed by atoms with Crippen molar-refractivity contribution in [2.75, 3.05) is 12.9 Å². The molecule has 0 saturated carbocycles. The fourth-order valence-electron chi connectivity index (χ4n) is 2.58. The van der Waals surface area contributed by atoms with E-state index in [1.165, 1.54) is 16.3 Å². The van der Waals surface area contributed by atoms with Gasteiger partial charge in [-0.15, -0.1) is 5.10 Å². The Labute approximate surface area is 139 Å². The number of aromatic nitrogens is 5. The van der Waals surface area contributed by atoms with Gasteiger partial charge in [0.25, 0.3) is 5.56 Å². The Bertz CT molecular complexity index is 807. The molecule has 1 fully saturated rings.